The SMILES string of the molecule is CC(C)c1ccc(C(C)C)c(CS(=O)(=O)Cl)c1. The van der Waals surface area contributed by atoms with Crippen LogP contribution in [-0.4, -0.2) is 8.42 Å². The topological polar surface area (TPSA) is 34.1 Å². The summed E-state index contributed by atoms with van der Waals surface area (Å²) in [5.41, 5.74) is 3.02. The van der Waals surface area contributed by atoms with Crippen LogP contribution in [0.15, 0.2) is 18.2 Å². The van der Waals surface area contributed by atoms with Crippen LogP contribution in [0.5, 0.6) is 0 Å². The van der Waals surface area contributed by atoms with Crippen molar-refractivity contribution in [3.8, 4) is 0 Å². The van der Waals surface area contributed by atoms with Crippen LogP contribution >= 0.6 is 10.7 Å². The smallest absolute Gasteiger partial charge is 0.212 e. The minimum absolute atomic E-state index is 0.0946. The van der Waals surface area contributed by atoms with Crippen LogP contribution in [-0.2, 0) is 14.8 Å². The quantitative estimate of drug-likeness (QED) is 0.778. The predicted molar refractivity (Wildman–Crippen MR) is 73.1 cm³/mol. The van der Waals surface area contributed by atoms with Gasteiger partial charge in [0.2, 0.25) is 9.05 Å². The molecule has 0 heterocycles. The lowest BCUT2D eigenvalue weighted by molar-refractivity contribution is 0.608. The van der Waals surface area contributed by atoms with Gasteiger partial charge in [0.15, 0.2) is 0 Å². The first-order valence-electron chi connectivity index (χ1n) is 5.75. The van der Waals surface area contributed by atoms with Crippen LogP contribution < -0.4 is 0 Å². The van der Waals surface area contributed by atoms with Gasteiger partial charge in [0.25, 0.3) is 0 Å². The molecule has 0 aliphatic carbocycles. The Kier molecular flexibility index (Phi) is 4.62. The molecule has 1 rings (SSSR count). The maximum Gasteiger partial charge on any atom is 0.236 e. The highest BCUT2D eigenvalue weighted by molar-refractivity contribution is 8.13. The van der Waals surface area contributed by atoms with E-state index in [1.807, 2.05) is 12.1 Å². The van der Waals surface area contributed by atoms with Gasteiger partial charge in [0.1, 0.15) is 0 Å². The molecule has 0 bridgehead atoms. The monoisotopic (exact) mass is 274 g/mol. The third-order valence-electron chi connectivity index (χ3n) is 2.78. The van der Waals surface area contributed by atoms with E-state index in [2.05, 4.69) is 33.8 Å². The molecular formula is C13H19ClO2S. The van der Waals surface area contributed by atoms with Crippen LogP contribution in [0.1, 0.15) is 56.2 Å². The van der Waals surface area contributed by atoms with E-state index in [-0.39, 0.29) is 5.75 Å². The molecule has 0 atom stereocenters. The molecule has 0 saturated carbocycles. The Hall–Kier alpha value is -0.540. The second-order valence-electron chi connectivity index (χ2n) is 4.95. The average molecular weight is 275 g/mol. The fraction of sp³-hybridized carbons (Fsp3) is 0.538. The van der Waals surface area contributed by atoms with Crippen molar-refractivity contribution in [2.45, 2.75) is 45.3 Å². The summed E-state index contributed by atoms with van der Waals surface area (Å²) in [7, 11) is 1.85. The molecule has 0 N–H and O–H groups in total. The molecule has 0 amide bonds. The zero-order chi connectivity index (χ0) is 13.2. The molecule has 17 heavy (non-hydrogen) atoms. The van der Waals surface area contributed by atoms with E-state index in [4.69, 9.17) is 10.7 Å². The molecule has 4 heteroatoms. The zero-order valence-electron chi connectivity index (χ0n) is 10.7. The summed E-state index contributed by atoms with van der Waals surface area (Å²) in [5, 5.41) is 0. The number of halogens is 1. The van der Waals surface area contributed by atoms with E-state index in [9.17, 15) is 8.42 Å². The van der Waals surface area contributed by atoms with Gasteiger partial charge in [-0.15, -0.1) is 0 Å². The van der Waals surface area contributed by atoms with Crippen molar-refractivity contribution in [3.05, 3.63) is 34.9 Å². The van der Waals surface area contributed by atoms with E-state index >= 15 is 0 Å². The van der Waals surface area contributed by atoms with Crippen molar-refractivity contribution in [2.24, 2.45) is 0 Å². The van der Waals surface area contributed by atoms with Gasteiger partial charge in [-0.3, -0.25) is 0 Å². The van der Waals surface area contributed by atoms with E-state index < -0.39 is 9.05 Å². The Balaban J connectivity index is 3.25. The van der Waals surface area contributed by atoms with Crippen molar-refractivity contribution >= 4 is 19.7 Å². The molecule has 0 radical (unpaired) electrons. The molecular weight excluding hydrogens is 256 g/mol. The van der Waals surface area contributed by atoms with Crippen LogP contribution in [0.2, 0.25) is 0 Å². The maximum absolute atomic E-state index is 11.2. The zero-order valence-corrected chi connectivity index (χ0v) is 12.3. The van der Waals surface area contributed by atoms with E-state index in [1.54, 1.807) is 0 Å². The van der Waals surface area contributed by atoms with Crippen molar-refractivity contribution in [1.82, 2.24) is 0 Å². The van der Waals surface area contributed by atoms with Crippen molar-refractivity contribution in [3.63, 3.8) is 0 Å². The van der Waals surface area contributed by atoms with Gasteiger partial charge in [-0.25, -0.2) is 8.42 Å². The van der Waals surface area contributed by atoms with Gasteiger partial charge in [0.05, 0.1) is 5.75 Å². The number of hydrogen-bond donors (Lipinski definition) is 0. The molecule has 0 saturated heterocycles. The van der Waals surface area contributed by atoms with Crippen LogP contribution in [0, 0.1) is 0 Å². The van der Waals surface area contributed by atoms with Crippen LogP contribution in [0.25, 0.3) is 0 Å². The van der Waals surface area contributed by atoms with E-state index in [0.717, 1.165) is 16.7 Å². The average Bonchev–Trinajstić information content (AvgIpc) is 2.14. The molecule has 96 valence electrons. The minimum Gasteiger partial charge on any atom is -0.212 e. The van der Waals surface area contributed by atoms with Crippen molar-refractivity contribution in [1.29, 1.82) is 0 Å². The molecule has 1 aromatic rings. The first-order valence-corrected chi connectivity index (χ1v) is 8.23. The first kappa shape index (κ1) is 14.5. The molecule has 0 spiro atoms. The summed E-state index contributed by atoms with van der Waals surface area (Å²) in [6.07, 6.45) is 0. The Morgan fingerprint density at radius 2 is 1.71 bits per heavy atom. The molecule has 0 unspecified atom stereocenters. The first-order chi connectivity index (χ1) is 7.70. The van der Waals surface area contributed by atoms with E-state index in [0.29, 0.717) is 11.8 Å². The highest BCUT2D eigenvalue weighted by Crippen LogP contribution is 2.26. The Morgan fingerprint density at radius 1 is 1.12 bits per heavy atom. The summed E-state index contributed by atoms with van der Waals surface area (Å²) in [4.78, 5) is 0. The second kappa shape index (κ2) is 5.40. The van der Waals surface area contributed by atoms with Crippen LogP contribution in [0.4, 0.5) is 0 Å². The highest BCUT2D eigenvalue weighted by Gasteiger charge is 2.14. The van der Waals surface area contributed by atoms with Crippen molar-refractivity contribution < 1.29 is 8.42 Å². The highest BCUT2D eigenvalue weighted by atomic mass is 35.7. The summed E-state index contributed by atoms with van der Waals surface area (Å²) in [6.45, 7) is 8.27. The molecule has 0 aliphatic heterocycles. The third-order valence-corrected chi connectivity index (χ3v) is 3.77. The summed E-state index contributed by atoms with van der Waals surface area (Å²) >= 11 is 0. The second-order valence-corrected chi connectivity index (χ2v) is 7.73. The molecule has 2 nitrogen and oxygen atoms in total. The van der Waals surface area contributed by atoms with Crippen LogP contribution in [0.3, 0.4) is 0 Å². The molecule has 0 fully saturated rings. The lowest BCUT2D eigenvalue weighted by Crippen LogP contribution is -2.03. The lowest BCUT2D eigenvalue weighted by atomic mass is 9.93. The standard InChI is InChI=1S/C13H19ClO2S/c1-9(2)11-5-6-13(10(3)4)12(7-11)8-17(14,15)16/h5-7,9-10H,8H2,1-4H3. The predicted octanol–water partition coefficient (Wildman–Crippen LogP) is 4.00. The number of rotatable bonds is 4. The van der Waals surface area contributed by atoms with Gasteiger partial charge in [0, 0.05) is 10.7 Å². The normalized spacial score (nSPS) is 12.4. The molecule has 1 aromatic carbocycles. The summed E-state index contributed by atoms with van der Waals surface area (Å²) in [6, 6.07) is 6.03. The van der Waals surface area contributed by atoms with Crippen molar-refractivity contribution in [2.75, 3.05) is 0 Å². The number of hydrogen-bond acceptors (Lipinski definition) is 2. The molecule has 0 aromatic heterocycles. The third kappa shape index (κ3) is 4.32. The summed E-state index contributed by atoms with van der Waals surface area (Å²) in [5.74, 6) is 0.584. The van der Waals surface area contributed by atoms with Gasteiger partial charge in [-0.05, 0) is 28.5 Å². The number of benzene rings is 1. The largest absolute Gasteiger partial charge is 0.236 e. The van der Waals surface area contributed by atoms with Gasteiger partial charge in [-0.1, -0.05) is 45.9 Å². The maximum atomic E-state index is 11.2. The fourth-order valence-corrected chi connectivity index (χ4v) is 2.83. The Morgan fingerprint density at radius 3 is 2.12 bits per heavy atom. The van der Waals surface area contributed by atoms with Gasteiger partial charge >= 0.3 is 0 Å². The fourth-order valence-electron chi connectivity index (χ4n) is 1.86. The van der Waals surface area contributed by atoms with E-state index in [1.165, 1.54) is 0 Å². The van der Waals surface area contributed by atoms with Gasteiger partial charge in [-0.2, -0.15) is 0 Å². The summed E-state index contributed by atoms with van der Waals surface area (Å²) < 4.78 is 22.4. The Bertz CT molecular complexity index is 490. The minimum atomic E-state index is -3.50. The lowest BCUT2D eigenvalue weighted by Gasteiger charge is -2.15. The molecule has 0 aliphatic rings. The van der Waals surface area contributed by atoms with Gasteiger partial charge < -0.3 is 0 Å². The Labute approximate surface area is 108 Å².